The van der Waals surface area contributed by atoms with E-state index in [0.717, 1.165) is 10.1 Å². The predicted molar refractivity (Wildman–Crippen MR) is 128 cm³/mol. The number of para-hydroxylation sites is 1. The molecule has 0 spiro atoms. The lowest BCUT2D eigenvalue weighted by Gasteiger charge is -2.37. The Morgan fingerprint density at radius 1 is 0.969 bits per heavy atom. The molecular weight excluding hydrogens is 444 g/mol. The van der Waals surface area contributed by atoms with Crippen molar-refractivity contribution in [1.82, 2.24) is 18.8 Å². The van der Waals surface area contributed by atoms with E-state index in [9.17, 15) is 13.2 Å². The van der Waals surface area contributed by atoms with Crippen LogP contribution >= 0.6 is 11.3 Å². The van der Waals surface area contributed by atoms with E-state index in [2.05, 4.69) is 4.90 Å². The second-order valence-corrected chi connectivity index (χ2v) is 10.9. The number of sulfonamides is 1. The van der Waals surface area contributed by atoms with Crippen LogP contribution in [0.5, 0.6) is 0 Å². The summed E-state index contributed by atoms with van der Waals surface area (Å²) in [5.41, 5.74) is 0.617. The van der Waals surface area contributed by atoms with Crippen LogP contribution in [0.1, 0.15) is 18.8 Å². The summed E-state index contributed by atoms with van der Waals surface area (Å²) in [4.78, 5) is 20.1. The van der Waals surface area contributed by atoms with Gasteiger partial charge >= 0.3 is 0 Å². The largest absolute Gasteiger partial charge is 0.298 e. The first-order valence-corrected chi connectivity index (χ1v) is 12.9. The highest BCUT2D eigenvalue weighted by atomic mass is 32.2. The summed E-state index contributed by atoms with van der Waals surface area (Å²) in [5.74, 6) is 0.689. The van der Waals surface area contributed by atoms with Crippen LogP contribution in [-0.4, -0.2) is 53.4 Å². The first kappa shape index (κ1) is 21.3. The van der Waals surface area contributed by atoms with Crippen LogP contribution in [0.2, 0.25) is 0 Å². The van der Waals surface area contributed by atoms with Crippen molar-refractivity contribution in [2.75, 3.05) is 26.2 Å². The number of piperazine rings is 1. The van der Waals surface area contributed by atoms with Gasteiger partial charge in [-0.05, 0) is 25.1 Å². The molecule has 4 aromatic rings. The molecule has 5 rings (SSSR count). The highest BCUT2D eigenvalue weighted by Gasteiger charge is 2.32. The third-order valence-electron chi connectivity index (χ3n) is 6.28. The third-order valence-corrected chi connectivity index (χ3v) is 9.33. The van der Waals surface area contributed by atoms with Gasteiger partial charge in [-0.15, -0.1) is 11.3 Å². The zero-order chi connectivity index (χ0) is 22.5. The van der Waals surface area contributed by atoms with Gasteiger partial charge in [0.1, 0.15) is 10.7 Å². The lowest BCUT2D eigenvalue weighted by Crippen LogP contribution is -2.49. The molecule has 7 nitrogen and oxygen atoms in total. The fourth-order valence-electron chi connectivity index (χ4n) is 4.40. The Morgan fingerprint density at radius 3 is 2.38 bits per heavy atom. The Balaban J connectivity index is 1.37. The number of fused-ring (bicyclic) bond motifs is 2. The molecule has 0 radical (unpaired) electrons. The normalized spacial score (nSPS) is 17.2. The number of rotatable bonds is 4. The van der Waals surface area contributed by atoms with Gasteiger partial charge < -0.3 is 0 Å². The first-order valence-electron chi connectivity index (χ1n) is 10.5. The SMILES string of the molecule is CC(c1nc2ccccc2c(=O)n1C)N1CCN(S(=O)(=O)c2csc3ccccc23)CC1. The van der Waals surface area contributed by atoms with Crippen LogP contribution in [0.25, 0.3) is 21.0 Å². The molecule has 1 atom stereocenters. The maximum atomic E-state index is 13.3. The fourth-order valence-corrected chi connectivity index (χ4v) is 7.29. The van der Waals surface area contributed by atoms with Gasteiger partial charge in [-0.1, -0.05) is 30.3 Å². The Morgan fingerprint density at radius 2 is 1.62 bits per heavy atom. The molecule has 0 amide bonds. The number of nitrogens with zero attached hydrogens (tertiary/aromatic N) is 4. The van der Waals surface area contributed by atoms with Crippen LogP contribution in [0.3, 0.4) is 0 Å². The molecule has 1 unspecified atom stereocenters. The number of thiophene rings is 1. The van der Waals surface area contributed by atoms with Gasteiger partial charge in [0, 0.05) is 48.7 Å². The first-order chi connectivity index (χ1) is 15.4. The second kappa shape index (κ2) is 8.08. The summed E-state index contributed by atoms with van der Waals surface area (Å²) < 4.78 is 30.8. The van der Waals surface area contributed by atoms with E-state index in [-0.39, 0.29) is 11.6 Å². The van der Waals surface area contributed by atoms with Crippen molar-refractivity contribution < 1.29 is 8.42 Å². The average molecular weight is 469 g/mol. The van der Waals surface area contributed by atoms with Gasteiger partial charge in [0.25, 0.3) is 5.56 Å². The summed E-state index contributed by atoms with van der Waals surface area (Å²) >= 11 is 1.45. The highest BCUT2D eigenvalue weighted by Crippen LogP contribution is 2.32. The van der Waals surface area contributed by atoms with E-state index in [1.165, 1.54) is 11.3 Å². The van der Waals surface area contributed by atoms with Crippen molar-refractivity contribution in [3.63, 3.8) is 0 Å². The van der Waals surface area contributed by atoms with E-state index in [1.54, 1.807) is 27.4 Å². The summed E-state index contributed by atoms with van der Waals surface area (Å²) in [6.07, 6.45) is 0. The zero-order valence-corrected chi connectivity index (χ0v) is 19.6. The van der Waals surface area contributed by atoms with Crippen LogP contribution in [0.4, 0.5) is 0 Å². The summed E-state index contributed by atoms with van der Waals surface area (Å²) in [7, 11) is -1.81. The van der Waals surface area contributed by atoms with Crippen molar-refractivity contribution in [3.8, 4) is 0 Å². The molecule has 1 fully saturated rings. The molecule has 166 valence electrons. The minimum Gasteiger partial charge on any atom is -0.298 e. The second-order valence-electron chi connectivity index (χ2n) is 8.06. The van der Waals surface area contributed by atoms with E-state index < -0.39 is 10.0 Å². The number of hydrogen-bond acceptors (Lipinski definition) is 6. The Labute approximate surface area is 190 Å². The minimum atomic E-state index is -3.56. The molecule has 9 heteroatoms. The topological polar surface area (TPSA) is 75.5 Å². The highest BCUT2D eigenvalue weighted by molar-refractivity contribution is 7.89. The molecule has 1 saturated heterocycles. The van der Waals surface area contributed by atoms with Crippen LogP contribution in [0.15, 0.2) is 63.6 Å². The average Bonchev–Trinajstić information content (AvgIpc) is 3.26. The monoisotopic (exact) mass is 468 g/mol. The summed E-state index contributed by atoms with van der Waals surface area (Å²) in [6.45, 7) is 3.97. The smallest absolute Gasteiger partial charge is 0.261 e. The van der Waals surface area contributed by atoms with Gasteiger partial charge in [-0.25, -0.2) is 13.4 Å². The summed E-state index contributed by atoms with van der Waals surface area (Å²) in [6, 6.07) is 14.8. The maximum Gasteiger partial charge on any atom is 0.261 e. The van der Waals surface area contributed by atoms with E-state index in [4.69, 9.17) is 4.98 Å². The molecule has 2 aromatic heterocycles. The quantitative estimate of drug-likeness (QED) is 0.460. The predicted octanol–water partition coefficient (Wildman–Crippen LogP) is 3.22. The van der Waals surface area contributed by atoms with E-state index in [1.807, 2.05) is 49.4 Å². The standard InChI is InChI=1S/C23H24N4O3S2/c1-16(22-24-19-9-5-3-7-17(19)23(28)25(22)2)26-11-13-27(14-12-26)32(29,30)21-15-31-20-10-6-4-8-18(20)21/h3-10,15-16H,11-14H2,1-2H3. The van der Waals surface area contributed by atoms with Crippen LogP contribution in [0, 0.1) is 0 Å². The number of benzene rings is 2. The molecule has 2 aromatic carbocycles. The molecule has 0 N–H and O–H groups in total. The van der Waals surface area contributed by atoms with Gasteiger partial charge in [-0.2, -0.15) is 4.31 Å². The van der Waals surface area contributed by atoms with Crippen LogP contribution in [-0.2, 0) is 17.1 Å². The molecule has 3 heterocycles. The molecule has 1 aliphatic rings. The van der Waals surface area contributed by atoms with Gasteiger partial charge in [0.15, 0.2) is 0 Å². The lowest BCUT2D eigenvalue weighted by molar-refractivity contribution is 0.139. The zero-order valence-electron chi connectivity index (χ0n) is 17.9. The Bertz CT molecular complexity index is 1470. The van der Waals surface area contributed by atoms with Crippen molar-refractivity contribution in [3.05, 3.63) is 70.1 Å². The van der Waals surface area contributed by atoms with Gasteiger partial charge in [0.05, 0.1) is 16.9 Å². The van der Waals surface area contributed by atoms with Gasteiger partial charge in [-0.3, -0.25) is 14.3 Å². The molecule has 0 aliphatic carbocycles. The Hall–Kier alpha value is -2.59. The molecular formula is C23H24N4O3S2. The minimum absolute atomic E-state index is 0.0667. The van der Waals surface area contributed by atoms with E-state index >= 15 is 0 Å². The summed E-state index contributed by atoms with van der Waals surface area (Å²) in [5, 5.41) is 3.12. The maximum absolute atomic E-state index is 13.3. The number of hydrogen-bond donors (Lipinski definition) is 0. The lowest BCUT2D eigenvalue weighted by atomic mass is 10.2. The molecule has 1 aliphatic heterocycles. The third kappa shape index (κ3) is 3.45. The van der Waals surface area contributed by atoms with Crippen molar-refractivity contribution >= 4 is 42.3 Å². The van der Waals surface area contributed by atoms with E-state index in [0.29, 0.717) is 47.8 Å². The van der Waals surface area contributed by atoms with Crippen molar-refractivity contribution in [2.24, 2.45) is 7.05 Å². The Kier molecular flexibility index (Phi) is 5.37. The van der Waals surface area contributed by atoms with Gasteiger partial charge in [0.2, 0.25) is 10.0 Å². The molecule has 32 heavy (non-hydrogen) atoms. The van der Waals surface area contributed by atoms with Crippen molar-refractivity contribution in [2.45, 2.75) is 17.9 Å². The number of aromatic nitrogens is 2. The molecule has 0 bridgehead atoms. The van der Waals surface area contributed by atoms with Crippen molar-refractivity contribution in [1.29, 1.82) is 0 Å². The van der Waals surface area contributed by atoms with Crippen LogP contribution < -0.4 is 5.56 Å². The molecule has 0 saturated carbocycles. The fraction of sp³-hybridized carbons (Fsp3) is 0.304.